The molecule has 5 heteroatoms. The Kier molecular flexibility index (Phi) is 10.5. The smallest absolute Gasteiger partial charge is 0.220 e. The van der Waals surface area contributed by atoms with E-state index in [1.54, 1.807) is 0 Å². The number of amides is 1. The third-order valence-electron chi connectivity index (χ3n) is 3.69. The molecule has 22 heavy (non-hydrogen) atoms. The summed E-state index contributed by atoms with van der Waals surface area (Å²) in [6.07, 6.45) is 4.73. The summed E-state index contributed by atoms with van der Waals surface area (Å²) in [5.74, 6) is 0.114. The monoisotopic (exact) mass is 346 g/mol. The molecule has 3 N–H and O–H groups in total. The molecule has 0 heterocycles. The maximum absolute atomic E-state index is 11.9. The van der Waals surface area contributed by atoms with Crippen LogP contribution < -0.4 is 11.1 Å². The predicted molar refractivity (Wildman–Crippen MR) is 96.9 cm³/mol. The summed E-state index contributed by atoms with van der Waals surface area (Å²) in [5.41, 5.74) is 6.34. The van der Waals surface area contributed by atoms with Crippen LogP contribution in [0.5, 0.6) is 0 Å². The Hall–Kier alpha value is -0.770. The van der Waals surface area contributed by atoms with Crippen molar-refractivity contribution in [1.82, 2.24) is 5.32 Å². The minimum Gasteiger partial charge on any atom is -0.355 e. The fraction of sp³-hybridized carbons (Fsp3) is 0.588. The van der Waals surface area contributed by atoms with E-state index in [0.717, 1.165) is 42.8 Å². The van der Waals surface area contributed by atoms with Crippen molar-refractivity contribution in [2.24, 2.45) is 5.73 Å². The van der Waals surface area contributed by atoms with Crippen LogP contribution in [0.4, 0.5) is 0 Å². The Bertz CT molecular complexity index is 450. The van der Waals surface area contributed by atoms with Crippen molar-refractivity contribution in [1.29, 1.82) is 0 Å². The number of benzene rings is 1. The highest BCUT2D eigenvalue weighted by Gasteiger charge is 2.23. The summed E-state index contributed by atoms with van der Waals surface area (Å²) in [7, 11) is 0. The molecular weight excluding hydrogens is 319 g/mol. The van der Waals surface area contributed by atoms with Crippen LogP contribution in [0.25, 0.3) is 0 Å². The molecule has 0 spiro atoms. The average molecular weight is 347 g/mol. The molecule has 0 radical (unpaired) electrons. The zero-order chi connectivity index (χ0) is 15.7. The van der Waals surface area contributed by atoms with Crippen LogP contribution in [0, 0.1) is 0 Å². The Labute approximate surface area is 145 Å². The van der Waals surface area contributed by atoms with Gasteiger partial charge in [-0.15, -0.1) is 12.4 Å². The van der Waals surface area contributed by atoms with E-state index in [2.05, 4.69) is 19.2 Å². The van der Waals surface area contributed by atoms with Crippen LogP contribution in [-0.4, -0.2) is 19.0 Å². The molecule has 3 nitrogen and oxygen atoms in total. The number of carbonyl (C=O) groups excluding carboxylic acids is 1. The van der Waals surface area contributed by atoms with Gasteiger partial charge in [0, 0.05) is 23.4 Å². The van der Waals surface area contributed by atoms with Crippen LogP contribution >= 0.6 is 24.0 Å². The molecule has 0 fully saturated rings. The fourth-order valence-electron chi connectivity index (χ4n) is 2.30. The Balaban J connectivity index is 0.00000441. The molecule has 1 aromatic rings. The maximum Gasteiger partial charge on any atom is 0.220 e. The lowest BCUT2D eigenvalue weighted by atomic mass is 9.84. The molecule has 0 saturated heterocycles. The second-order valence-electron chi connectivity index (χ2n) is 6.09. The Morgan fingerprint density at radius 3 is 2.45 bits per heavy atom. The van der Waals surface area contributed by atoms with Gasteiger partial charge < -0.3 is 11.1 Å². The van der Waals surface area contributed by atoms with Crippen molar-refractivity contribution in [3.05, 3.63) is 34.9 Å². The fourth-order valence-corrected chi connectivity index (χ4v) is 2.69. The molecule has 0 unspecified atom stereocenters. The first-order valence-electron chi connectivity index (χ1n) is 7.69. The minimum absolute atomic E-state index is 0. The number of nitrogens with two attached hydrogens (primary N) is 1. The molecule has 126 valence electrons. The topological polar surface area (TPSA) is 55.1 Å². The highest BCUT2D eigenvalue weighted by molar-refractivity contribution is 6.31. The van der Waals surface area contributed by atoms with Gasteiger partial charge in [-0.05, 0) is 31.0 Å². The third-order valence-corrected chi connectivity index (χ3v) is 4.02. The number of carbonyl (C=O) groups is 1. The number of rotatable bonds is 9. The Morgan fingerprint density at radius 2 is 1.82 bits per heavy atom. The molecule has 0 saturated carbocycles. The van der Waals surface area contributed by atoms with Crippen LogP contribution in [0.3, 0.4) is 0 Å². The van der Waals surface area contributed by atoms with Crippen molar-refractivity contribution < 1.29 is 4.79 Å². The van der Waals surface area contributed by atoms with E-state index >= 15 is 0 Å². The van der Waals surface area contributed by atoms with Crippen molar-refractivity contribution in [3.8, 4) is 0 Å². The number of nitrogens with one attached hydrogen (secondary N) is 1. The van der Waals surface area contributed by atoms with Gasteiger partial charge in [-0.1, -0.05) is 56.5 Å². The first-order valence-corrected chi connectivity index (χ1v) is 8.07. The van der Waals surface area contributed by atoms with E-state index in [1.807, 2.05) is 24.3 Å². The van der Waals surface area contributed by atoms with E-state index in [9.17, 15) is 4.79 Å². The molecular formula is C17H28Cl2N2O. The third kappa shape index (κ3) is 7.48. The summed E-state index contributed by atoms with van der Waals surface area (Å²) < 4.78 is 0. The summed E-state index contributed by atoms with van der Waals surface area (Å²) in [6.45, 7) is 5.52. The quantitative estimate of drug-likeness (QED) is 0.662. The van der Waals surface area contributed by atoms with E-state index in [0.29, 0.717) is 13.0 Å². The van der Waals surface area contributed by atoms with Crippen molar-refractivity contribution in [2.75, 3.05) is 13.1 Å². The maximum atomic E-state index is 11.9. The van der Waals surface area contributed by atoms with Crippen LogP contribution in [0.15, 0.2) is 24.3 Å². The van der Waals surface area contributed by atoms with Gasteiger partial charge in [-0.25, -0.2) is 0 Å². The molecule has 1 amide bonds. The van der Waals surface area contributed by atoms with Gasteiger partial charge in [0.1, 0.15) is 0 Å². The van der Waals surface area contributed by atoms with Gasteiger partial charge in [0.05, 0.1) is 0 Å². The molecule has 0 atom stereocenters. The number of hydrogen-bond acceptors (Lipinski definition) is 2. The van der Waals surface area contributed by atoms with Gasteiger partial charge in [0.15, 0.2) is 0 Å². The first kappa shape index (κ1) is 21.2. The lowest BCUT2D eigenvalue weighted by Gasteiger charge is -2.26. The SMILES string of the molecule is CC(C)(CNC(=O)CCCCCCN)c1ccccc1Cl.Cl. The molecule has 0 bridgehead atoms. The highest BCUT2D eigenvalue weighted by Crippen LogP contribution is 2.28. The summed E-state index contributed by atoms with van der Waals surface area (Å²) in [4.78, 5) is 11.9. The van der Waals surface area contributed by atoms with E-state index in [-0.39, 0.29) is 23.7 Å². The molecule has 1 rings (SSSR count). The summed E-state index contributed by atoms with van der Waals surface area (Å²) in [5, 5.41) is 3.77. The lowest BCUT2D eigenvalue weighted by molar-refractivity contribution is -0.121. The van der Waals surface area contributed by atoms with Gasteiger partial charge in [0.25, 0.3) is 0 Å². The normalized spacial score (nSPS) is 10.9. The zero-order valence-electron chi connectivity index (χ0n) is 13.5. The van der Waals surface area contributed by atoms with Crippen molar-refractivity contribution >= 4 is 29.9 Å². The lowest BCUT2D eigenvalue weighted by Crippen LogP contribution is -2.36. The molecule has 0 aliphatic heterocycles. The zero-order valence-corrected chi connectivity index (χ0v) is 15.1. The minimum atomic E-state index is -0.173. The van der Waals surface area contributed by atoms with Crippen molar-refractivity contribution in [3.63, 3.8) is 0 Å². The molecule has 1 aromatic carbocycles. The standard InChI is InChI=1S/C17H27ClN2O.ClH/c1-17(2,14-9-6-7-10-15(14)18)13-20-16(21)11-5-3-4-8-12-19;/h6-7,9-10H,3-5,8,11-13,19H2,1-2H3,(H,20,21);1H. The predicted octanol–water partition coefficient (Wildman–Crippen LogP) is 4.06. The van der Waals surface area contributed by atoms with Crippen LogP contribution in [-0.2, 0) is 10.2 Å². The van der Waals surface area contributed by atoms with E-state index in [1.165, 1.54) is 0 Å². The van der Waals surface area contributed by atoms with E-state index < -0.39 is 0 Å². The van der Waals surface area contributed by atoms with E-state index in [4.69, 9.17) is 17.3 Å². The highest BCUT2D eigenvalue weighted by atomic mass is 35.5. The average Bonchev–Trinajstić information content (AvgIpc) is 2.45. The van der Waals surface area contributed by atoms with Gasteiger partial charge >= 0.3 is 0 Å². The molecule has 0 aliphatic carbocycles. The number of hydrogen-bond donors (Lipinski definition) is 2. The number of unbranched alkanes of at least 4 members (excludes halogenated alkanes) is 3. The van der Waals surface area contributed by atoms with Crippen molar-refractivity contribution in [2.45, 2.75) is 51.4 Å². The second-order valence-corrected chi connectivity index (χ2v) is 6.50. The Morgan fingerprint density at radius 1 is 1.18 bits per heavy atom. The molecule has 0 aromatic heterocycles. The largest absolute Gasteiger partial charge is 0.355 e. The van der Waals surface area contributed by atoms with Crippen LogP contribution in [0.1, 0.15) is 51.5 Å². The summed E-state index contributed by atoms with van der Waals surface area (Å²) in [6, 6.07) is 7.79. The van der Waals surface area contributed by atoms with Crippen LogP contribution in [0.2, 0.25) is 5.02 Å². The van der Waals surface area contributed by atoms with Gasteiger partial charge in [-0.2, -0.15) is 0 Å². The second kappa shape index (κ2) is 10.9. The van der Waals surface area contributed by atoms with Gasteiger partial charge in [-0.3, -0.25) is 4.79 Å². The summed E-state index contributed by atoms with van der Waals surface area (Å²) >= 11 is 6.23. The molecule has 0 aliphatic rings. The number of halogens is 2. The van der Waals surface area contributed by atoms with Gasteiger partial charge in [0.2, 0.25) is 5.91 Å². The first-order chi connectivity index (χ1) is 9.97.